The maximum absolute atomic E-state index is 13.0. The molecule has 0 saturated carbocycles. The molecular weight excluding hydrogens is 433 g/mol. The summed E-state index contributed by atoms with van der Waals surface area (Å²) in [5.74, 6) is -0.0172. The SMILES string of the molecule is Cc1ccc(NC(=O)c2cccc(C(F)(F)F)c2)cc1NN1CC=CN=C1c1cncnc1. The Morgan fingerprint density at radius 1 is 1.09 bits per heavy atom. The third-order valence-corrected chi connectivity index (χ3v) is 4.87. The number of carbonyl (C=O) groups excluding carboxylic acids is 1. The number of carbonyl (C=O) groups is 1. The lowest BCUT2D eigenvalue weighted by atomic mass is 10.1. The fraction of sp³-hybridized carbons (Fsp3) is 0.130. The van der Waals surface area contributed by atoms with Gasteiger partial charge in [0.05, 0.1) is 23.4 Å². The van der Waals surface area contributed by atoms with Crippen molar-refractivity contribution in [3.8, 4) is 0 Å². The summed E-state index contributed by atoms with van der Waals surface area (Å²) >= 11 is 0. The highest BCUT2D eigenvalue weighted by Crippen LogP contribution is 2.30. The largest absolute Gasteiger partial charge is 0.416 e. The maximum Gasteiger partial charge on any atom is 0.416 e. The Kier molecular flexibility index (Phi) is 6.07. The van der Waals surface area contributed by atoms with E-state index in [9.17, 15) is 18.0 Å². The predicted molar refractivity (Wildman–Crippen MR) is 119 cm³/mol. The Bertz CT molecular complexity index is 1220. The van der Waals surface area contributed by atoms with Crippen LogP contribution in [0.4, 0.5) is 24.5 Å². The first-order chi connectivity index (χ1) is 15.8. The van der Waals surface area contributed by atoms with E-state index < -0.39 is 17.6 Å². The van der Waals surface area contributed by atoms with Crippen molar-refractivity contribution >= 4 is 23.1 Å². The highest BCUT2D eigenvalue weighted by atomic mass is 19.4. The zero-order valence-electron chi connectivity index (χ0n) is 17.5. The molecule has 7 nitrogen and oxygen atoms in total. The van der Waals surface area contributed by atoms with Crippen molar-refractivity contribution in [3.63, 3.8) is 0 Å². The number of rotatable bonds is 5. The smallest absolute Gasteiger partial charge is 0.322 e. The second-order valence-corrected chi connectivity index (χ2v) is 7.25. The normalized spacial score (nSPS) is 13.5. The van der Waals surface area contributed by atoms with Crippen LogP contribution in [0.15, 0.2) is 78.5 Å². The molecular formula is C23H19F3N6O. The molecule has 0 saturated heterocycles. The zero-order chi connectivity index (χ0) is 23.4. The quantitative estimate of drug-likeness (QED) is 0.589. The van der Waals surface area contributed by atoms with Crippen molar-refractivity contribution in [1.82, 2.24) is 15.0 Å². The number of alkyl halides is 3. The van der Waals surface area contributed by atoms with E-state index in [2.05, 4.69) is 25.7 Å². The molecule has 1 aliphatic heterocycles. The number of benzene rings is 2. The summed E-state index contributed by atoms with van der Waals surface area (Å²) < 4.78 is 38.9. The lowest BCUT2D eigenvalue weighted by Gasteiger charge is -2.29. The van der Waals surface area contributed by atoms with Crippen molar-refractivity contribution in [2.24, 2.45) is 4.99 Å². The monoisotopic (exact) mass is 452 g/mol. The topological polar surface area (TPSA) is 82.5 Å². The fourth-order valence-corrected chi connectivity index (χ4v) is 3.18. The van der Waals surface area contributed by atoms with E-state index in [-0.39, 0.29) is 5.56 Å². The maximum atomic E-state index is 13.0. The van der Waals surface area contributed by atoms with Crippen LogP contribution < -0.4 is 10.7 Å². The molecule has 1 amide bonds. The molecule has 168 valence electrons. The first kappa shape index (κ1) is 22.0. The van der Waals surface area contributed by atoms with E-state index in [0.717, 1.165) is 23.3 Å². The Balaban J connectivity index is 1.53. The second kappa shape index (κ2) is 9.11. The number of hydrogen-bond donors (Lipinski definition) is 2. The van der Waals surface area contributed by atoms with Gasteiger partial charge in [-0.2, -0.15) is 13.2 Å². The summed E-state index contributed by atoms with van der Waals surface area (Å²) in [6.45, 7) is 2.41. The van der Waals surface area contributed by atoms with Crippen LogP contribution >= 0.6 is 0 Å². The summed E-state index contributed by atoms with van der Waals surface area (Å²) in [7, 11) is 0. The summed E-state index contributed by atoms with van der Waals surface area (Å²) in [6, 6.07) is 9.48. The summed E-state index contributed by atoms with van der Waals surface area (Å²) in [5, 5.41) is 4.46. The molecule has 0 atom stereocenters. The van der Waals surface area contributed by atoms with Gasteiger partial charge in [0.15, 0.2) is 5.84 Å². The number of nitrogens with one attached hydrogen (secondary N) is 2. The van der Waals surface area contributed by atoms with Gasteiger partial charge in [0.2, 0.25) is 0 Å². The number of aliphatic imine (C=N–C) groups is 1. The minimum Gasteiger partial charge on any atom is -0.322 e. The Morgan fingerprint density at radius 2 is 1.88 bits per heavy atom. The number of aromatic nitrogens is 2. The molecule has 10 heteroatoms. The van der Waals surface area contributed by atoms with Crippen LogP contribution in [0.3, 0.4) is 0 Å². The van der Waals surface area contributed by atoms with E-state index in [1.54, 1.807) is 41.8 Å². The number of anilines is 2. The molecule has 0 fully saturated rings. The average molecular weight is 452 g/mol. The van der Waals surface area contributed by atoms with Crippen molar-refractivity contribution < 1.29 is 18.0 Å². The molecule has 2 heterocycles. The Labute approximate surface area is 187 Å². The number of nitrogens with zero attached hydrogens (tertiary/aromatic N) is 4. The molecule has 0 radical (unpaired) electrons. The first-order valence-corrected chi connectivity index (χ1v) is 9.93. The lowest BCUT2D eigenvalue weighted by molar-refractivity contribution is -0.137. The Morgan fingerprint density at radius 3 is 2.64 bits per heavy atom. The molecule has 2 aromatic carbocycles. The van der Waals surface area contributed by atoms with E-state index in [4.69, 9.17) is 0 Å². The minimum absolute atomic E-state index is 0.0837. The lowest BCUT2D eigenvalue weighted by Crippen LogP contribution is -2.38. The molecule has 2 N–H and O–H groups in total. The fourth-order valence-electron chi connectivity index (χ4n) is 3.18. The summed E-state index contributed by atoms with van der Waals surface area (Å²) in [6.07, 6.45) is 3.77. The van der Waals surface area contributed by atoms with Gasteiger partial charge in [0.25, 0.3) is 5.91 Å². The summed E-state index contributed by atoms with van der Waals surface area (Å²) in [5.41, 5.74) is 5.05. The van der Waals surface area contributed by atoms with Gasteiger partial charge in [0.1, 0.15) is 6.33 Å². The highest BCUT2D eigenvalue weighted by molar-refractivity contribution is 6.04. The number of amides is 1. The predicted octanol–water partition coefficient (Wildman–Crippen LogP) is 4.66. The van der Waals surface area contributed by atoms with Crippen molar-refractivity contribution in [2.75, 3.05) is 17.3 Å². The van der Waals surface area contributed by atoms with Crippen LogP contribution in [-0.4, -0.2) is 33.3 Å². The van der Waals surface area contributed by atoms with Gasteiger partial charge >= 0.3 is 6.18 Å². The van der Waals surface area contributed by atoms with Gasteiger partial charge in [-0.15, -0.1) is 0 Å². The highest BCUT2D eigenvalue weighted by Gasteiger charge is 2.31. The van der Waals surface area contributed by atoms with E-state index in [1.807, 2.05) is 13.0 Å². The minimum atomic E-state index is -4.52. The van der Waals surface area contributed by atoms with Gasteiger partial charge in [-0.1, -0.05) is 12.1 Å². The number of hydrogen-bond acceptors (Lipinski definition) is 6. The van der Waals surface area contributed by atoms with Crippen LogP contribution in [0.1, 0.15) is 27.0 Å². The van der Waals surface area contributed by atoms with Crippen LogP contribution in [0.25, 0.3) is 0 Å². The average Bonchev–Trinajstić information content (AvgIpc) is 2.82. The number of amidine groups is 1. The van der Waals surface area contributed by atoms with Crippen LogP contribution in [-0.2, 0) is 6.18 Å². The molecule has 3 aromatic rings. The van der Waals surface area contributed by atoms with E-state index in [0.29, 0.717) is 23.8 Å². The molecule has 1 aliphatic rings. The molecule has 0 spiro atoms. The van der Waals surface area contributed by atoms with Crippen LogP contribution in [0.5, 0.6) is 0 Å². The number of halogens is 3. The first-order valence-electron chi connectivity index (χ1n) is 9.93. The second-order valence-electron chi connectivity index (χ2n) is 7.25. The van der Waals surface area contributed by atoms with Gasteiger partial charge in [-0.25, -0.2) is 15.0 Å². The molecule has 0 unspecified atom stereocenters. The summed E-state index contributed by atoms with van der Waals surface area (Å²) in [4.78, 5) is 25.0. The van der Waals surface area contributed by atoms with Crippen molar-refractivity contribution in [3.05, 3.63) is 95.7 Å². The van der Waals surface area contributed by atoms with Gasteiger partial charge < -0.3 is 5.32 Å². The molecule has 0 bridgehead atoms. The van der Waals surface area contributed by atoms with Gasteiger partial charge in [0, 0.05) is 29.8 Å². The van der Waals surface area contributed by atoms with Gasteiger partial charge in [-0.05, 0) is 48.9 Å². The molecule has 33 heavy (non-hydrogen) atoms. The Hall–Kier alpha value is -4.21. The number of aryl methyl sites for hydroxylation is 1. The zero-order valence-corrected chi connectivity index (χ0v) is 17.5. The van der Waals surface area contributed by atoms with Gasteiger partial charge in [-0.3, -0.25) is 15.2 Å². The van der Waals surface area contributed by atoms with E-state index in [1.165, 1.54) is 18.5 Å². The molecule has 4 rings (SSSR count). The molecule has 1 aromatic heterocycles. The van der Waals surface area contributed by atoms with Crippen LogP contribution in [0, 0.1) is 6.92 Å². The van der Waals surface area contributed by atoms with Crippen molar-refractivity contribution in [2.45, 2.75) is 13.1 Å². The van der Waals surface area contributed by atoms with Crippen molar-refractivity contribution in [1.29, 1.82) is 0 Å². The van der Waals surface area contributed by atoms with E-state index >= 15 is 0 Å². The van der Waals surface area contributed by atoms with Crippen LogP contribution in [0.2, 0.25) is 0 Å². The molecule has 0 aliphatic carbocycles. The standard InChI is InChI=1S/C23H19F3N6O/c1-15-6-7-19(30-22(33)16-4-2-5-18(10-16)23(24,25)26)11-20(15)31-32-9-3-8-29-21(32)17-12-27-14-28-13-17/h2-8,10-14,31H,9H2,1H3,(H,30,33). The number of hydrazine groups is 1. The third kappa shape index (κ3) is 5.17. The third-order valence-electron chi connectivity index (χ3n) is 4.87.